The van der Waals surface area contributed by atoms with E-state index in [1.165, 1.54) is 22.6 Å². The van der Waals surface area contributed by atoms with Crippen LogP contribution in [-0.2, 0) is 48.2 Å². The number of rotatable bonds is 8. The molecule has 0 aliphatic heterocycles. The van der Waals surface area contributed by atoms with Gasteiger partial charge >= 0.3 is 100 Å². The molecule has 0 saturated carbocycles. The molecule has 75 heavy (non-hydrogen) atoms. The van der Waals surface area contributed by atoms with Crippen molar-refractivity contribution < 1.29 is 26.3 Å². The number of hydrogen-bond donors (Lipinski definition) is 0. The summed E-state index contributed by atoms with van der Waals surface area (Å²) in [6.07, 6.45) is 6.74. The second-order valence-corrected chi connectivity index (χ2v) is 38.1. The number of aromatic nitrogens is 12. The fourth-order valence-electron chi connectivity index (χ4n) is 9.30. The molecule has 0 atom stereocenters. The normalized spacial score (nSPS) is 12.2. The average Bonchev–Trinajstić information content (AvgIpc) is 4.24. The Balaban J connectivity index is 0.000000139. The second-order valence-electron chi connectivity index (χ2n) is 19.3. The molecule has 12 aromatic rings. The minimum Gasteiger partial charge on any atom is -0.497 e. The Labute approximate surface area is 450 Å². The van der Waals surface area contributed by atoms with Gasteiger partial charge in [-0.05, 0) is 91.0 Å². The van der Waals surface area contributed by atoms with Gasteiger partial charge in [0.05, 0.1) is 55.2 Å². The topological polar surface area (TPSA) is 194 Å². The summed E-state index contributed by atoms with van der Waals surface area (Å²) in [6, 6.07) is 29.1. The number of fused-ring (bicyclic) bond motifs is 8. The fraction of sp³-hybridized carbons (Fsp3) is 0.208. The van der Waals surface area contributed by atoms with Gasteiger partial charge in [0.25, 0.3) is 20.0 Å². The molecule has 4 aromatic carbocycles. The minimum atomic E-state index is -4.01. The van der Waals surface area contributed by atoms with E-state index in [2.05, 4.69) is 47.1 Å². The van der Waals surface area contributed by atoms with E-state index >= 15 is 0 Å². The van der Waals surface area contributed by atoms with Gasteiger partial charge in [-0.1, -0.05) is 35.4 Å². The third-order valence-corrected chi connectivity index (χ3v) is 22.8. The summed E-state index contributed by atoms with van der Waals surface area (Å²) in [5.74, 6) is 1.57. The number of hydrogen-bond acceptors (Lipinski definition) is 12. The number of benzene rings is 4. The van der Waals surface area contributed by atoms with Crippen LogP contribution in [0.15, 0.2) is 132 Å². The molecule has 12 rings (SSSR count). The van der Waals surface area contributed by atoms with Crippen LogP contribution in [-0.4, -0.2) is 106 Å². The van der Waals surface area contributed by atoms with E-state index in [-0.39, 0.29) is 9.79 Å². The van der Waals surface area contributed by atoms with Crippen molar-refractivity contribution in [3.8, 4) is 22.9 Å². The van der Waals surface area contributed by atoms with Crippen LogP contribution in [0.3, 0.4) is 0 Å². The minimum absolute atomic E-state index is 0.173. The Morgan fingerprint density at radius 2 is 0.973 bits per heavy atom. The third kappa shape index (κ3) is 9.09. The van der Waals surface area contributed by atoms with Crippen LogP contribution in [0, 0.1) is 17.5 Å². The van der Waals surface area contributed by atoms with Crippen LogP contribution in [0.4, 0.5) is 0 Å². The van der Waals surface area contributed by atoms with Gasteiger partial charge in [-0.25, -0.2) is 34.7 Å². The maximum absolute atomic E-state index is 14.1. The molecule has 0 radical (unpaired) electrons. The molecular weight excluding hydrogens is 1210 g/mol. The van der Waals surface area contributed by atoms with Crippen molar-refractivity contribution in [3.63, 3.8) is 0 Å². The Kier molecular flexibility index (Phi) is 13.3. The van der Waals surface area contributed by atoms with Crippen LogP contribution in [0.5, 0.6) is 11.5 Å². The van der Waals surface area contributed by atoms with E-state index in [1.54, 1.807) is 102 Å². The van der Waals surface area contributed by atoms with Gasteiger partial charge in [0.2, 0.25) is 0 Å². The first-order chi connectivity index (χ1) is 35.6. The molecule has 18 nitrogen and oxygen atoms in total. The SMILES string of the molecule is COc1ccc2c(c1)[c]([Sn]([CH3])([CH3])[CH3])nn2C.COc1ccc2c(c1)c(-c1cc3c4c(cnc3n1S(=O)(=O)c1ccc(C)cc1)cnn4C)nn2C.Cc1ccc(S(=O)(=O)n2c(I)cc3c4c(cnc32)cnn4C)cc1. The zero-order valence-corrected chi connectivity index (χ0v) is 49.7. The number of methoxy groups -OCH3 is 2. The zero-order chi connectivity index (χ0) is 53.5. The Hall–Kier alpha value is -6.83. The van der Waals surface area contributed by atoms with Crippen molar-refractivity contribution in [1.29, 1.82) is 0 Å². The van der Waals surface area contributed by atoms with Gasteiger partial charge in [-0.3, -0.25) is 14.0 Å². The molecule has 0 fully saturated rings. The van der Waals surface area contributed by atoms with Crippen molar-refractivity contribution in [3.05, 3.63) is 137 Å². The molecule has 8 heterocycles. The summed E-state index contributed by atoms with van der Waals surface area (Å²) in [4.78, 5) is 16.5. The van der Waals surface area contributed by atoms with Crippen LogP contribution in [0.2, 0.25) is 14.8 Å². The molecule has 0 aliphatic rings. The first kappa shape index (κ1) is 51.6. The summed E-state index contributed by atoms with van der Waals surface area (Å²) >= 11 is -0.112. The maximum Gasteiger partial charge on any atom is 0.270 e. The second kappa shape index (κ2) is 19.4. The van der Waals surface area contributed by atoms with Crippen molar-refractivity contribution in [2.24, 2.45) is 28.2 Å². The molecular formula is C53H53IN12O6S2Sn. The third-order valence-electron chi connectivity index (χ3n) is 13.1. The monoisotopic (exact) mass is 1260 g/mol. The molecule has 0 N–H and O–H groups in total. The van der Waals surface area contributed by atoms with Gasteiger partial charge in [-0.2, -0.15) is 15.3 Å². The predicted molar refractivity (Wildman–Crippen MR) is 305 cm³/mol. The molecule has 22 heteroatoms. The summed E-state index contributed by atoms with van der Waals surface area (Å²) < 4.78 is 76.7. The summed E-state index contributed by atoms with van der Waals surface area (Å²) in [5, 5.41) is 23.2. The van der Waals surface area contributed by atoms with Gasteiger partial charge in [-0.15, -0.1) is 0 Å². The van der Waals surface area contributed by atoms with E-state index in [1.807, 2.05) is 106 Å². The molecule has 384 valence electrons. The molecule has 8 aromatic heterocycles. The number of pyridine rings is 2. The largest absolute Gasteiger partial charge is 0.497 e. The number of ether oxygens (including phenoxy) is 2. The quantitative estimate of drug-likeness (QED) is 0.104. The number of nitrogens with zero attached hydrogens (tertiary/aromatic N) is 12. The van der Waals surface area contributed by atoms with Gasteiger partial charge < -0.3 is 4.74 Å². The van der Waals surface area contributed by atoms with Gasteiger partial charge in [0.15, 0.2) is 11.3 Å². The van der Waals surface area contributed by atoms with Crippen molar-refractivity contribution in [2.45, 2.75) is 38.5 Å². The molecule has 0 amide bonds. The van der Waals surface area contributed by atoms with Gasteiger partial charge in [0.1, 0.15) is 11.4 Å². The zero-order valence-electron chi connectivity index (χ0n) is 43.1. The van der Waals surface area contributed by atoms with Crippen LogP contribution in [0.25, 0.3) is 77.1 Å². The van der Waals surface area contributed by atoms with E-state index < -0.39 is 38.4 Å². The van der Waals surface area contributed by atoms with Crippen molar-refractivity contribution in [2.75, 3.05) is 14.2 Å². The first-order valence-electron chi connectivity index (χ1n) is 23.6. The number of aryl methyl sites for hydroxylation is 6. The average molecular weight is 1260 g/mol. The van der Waals surface area contributed by atoms with Crippen LogP contribution in [0.1, 0.15) is 11.1 Å². The van der Waals surface area contributed by atoms with E-state index in [0.717, 1.165) is 55.0 Å². The summed E-state index contributed by atoms with van der Waals surface area (Å²) in [7, 11) is 3.07. The van der Waals surface area contributed by atoms with E-state index in [4.69, 9.17) is 19.7 Å². The van der Waals surface area contributed by atoms with E-state index in [0.29, 0.717) is 37.5 Å². The first-order valence-corrected chi connectivity index (χ1v) is 37.5. The molecule has 0 aliphatic carbocycles. The Morgan fingerprint density at radius 1 is 0.520 bits per heavy atom. The molecule has 0 spiro atoms. The maximum atomic E-state index is 14.1. The number of halogens is 1. The molecule has 0 saturated heterocycles. The summed E-state index contributed by atoms with van der Waals surface area (Å²) in [6.45, 7) is 3.84. The summed E-state index contributed by atoms with van der Waals surface area (Å²) in [5.41, 5.74) is 7.37. The molecule has 0 bridgehead atoms. The molecule has 0 unspecified atom stereocenters. The predicted octanol–water partition coefficient (Wildman–Crippen LogP) is 9.23. The van der Waals surface area contributed by atoms with Crippen molar-refractivity contribution >= 4 is 130 Å². The van der Waals surface area contributed by atoms with E-state index in [9.17, 15) is 16.8 Å². The fourth-order valence-corrected chi connectivity index (χ4v) is 17.6. The Morgan fingerprint density at radius 3 is 1.48 bits per heavy atom. The van der Waals surface area contributed by atoms with Crippen LogP contribution >= 0.6 is 22.6 Å². The standard InChI is InChI=1S/C25H22N6O3S.C16H13IN4O2S.C9H9N2O.3CH3.Sn/c1-15-5-8-18(9-6-15)35(32,33)31-22(12-20-24-16(13-26-25(20)31)14-27-30(24)3)23-19-11-17(34-4)7-10-21(19)29(2)28-23;1-10-3-5-12(6-4-10)24(22,23)21-14(17)7-13-15-11(8-18-16(13)21)9-19-20(15)2;1-11-9-4-3-8(12-2)5-7(9)6-10-11;;;;/h5-14H,1-4H3;3-9H,1-2H3;3-5H,1-2H3;3*1H3;. The smallest absolute Gasteiger partial charge is 0.270 e. The van der Waals surface area contributed by atoms with Crippen molar-refractivity contribution in [1.82, 2.24) is 57.0 Å². The van der Waals surface area contributed by atoms with Crippen LogP contribution < -0.4 is 13.2 Å². The Bertz CT molecular complexity index is 4430. The van der Waals surface area contributed by atoms with Gasteiger partial charge in [0, 0.05) is 60.5 Å².